The van der Waals surface area contributed by atoms with Gasteiger partial charge < -0.3 is 10.2 Å². The van der Waals surface area contributed by atoms with Crippen LogP contribution in [0.15, 0.2) is 53.0 Å². The average molecular weight is 373 g/mol. The molecule has 1 heterocycles. The number of hydrogen-bond acceptors (Lipinski definition) is 2. The molecule has 0 bridgehead atoms. The molecule has 4 heteroatoms. The smallest absolute Gasteiger partial charge is 0.224 e. The lowest BCUT2D eigenvalue weighted by Gasteiger charge is -2.41. The molecular weight excluding hydrogens is 352 g/mol. The third-order valence-electron chi connectivity index (χ3n) is 4.42. The largest absolute Gasteiger partial charge is 0.378 e. The molecule has 0 aliphatic carbocycles. The van der Waals surface area contributed by atoms with Crippen molar-refractivity contribution in [1.29, 1.82) is 0 Å². The van der Waals surface area contributed by atoms with Gasteiger partial charge in [0, 0.05) is 28.8 Å². The predicted molar refractivity (Wildman–Crippen MR) is 98.8 cm³/mol. The molecule has 0 saturated carbocycles. The van der Waals surface area contributed by atoms with E-state index in [1.165, 1.54) is 5.56 Å². The lowest BCUT2D eigenvalue weighted by atomic mass is 9.89. The molecule has 1 aliphatic rings. The fourth-order valence-electron chi connectivity index (χ4n) is 3.37. The number of hydrogen-bond donors (Lipinski definition) is 1. The minimum absolute atomic E-state index is 0.110. The lowest BCUT2D eigenvalue weighted by Crippen LogP contribution is -2.44. The lowest BCUT2D eigenvalue weighted by molar-refractivity contribution is -0.117. The normalized spacial score (nSPS) is 20.0. The van der Waals surface area contributed by atoms with E-state index in [1.54, 1.807) is 6.92 Å². The van der Waals surface area contributed by atoms with Crippen molar-refractivity contribution >= 4 is 33.2 Å². The summed E-state index contributed by atoms with van der Waals surface area (Å²) in [7, 11) is 0. The van der Waals surface area contributed by atoms with Crippen LogP contribution in [-0.4, -0.2) is 11.9 Å². The van der Waals surface area contributed by atoms with Gasteiger partial charge >= 0.3 is 0 Å². The van der Waals surface area contributed by atoms with Crippen LogP contribution in [0.1, 0.15) is 38.3 Å². The number of carbonyl (C=O) groups is 1. The van der Waals surface area contributed by atoms with E-state index in [2.05, 4.69) is 46.4 Å². The van der Waals surface area contributed by atoms with Gasteiger partial charge in [-0.2, -0.15) is 0 Å². The second kappa shape index (κ2) is 6.75. The minimum atomic E-state index is 0.110. The Balaban J connectivity index is 2.02. The standard InChI is InChI=1S/C19H21BrN2O/c1-3-16-12-18(21-15-7-5-4-6-8-15)17-11-14(20)9-10-19(17)22(16)13(2)23/h4-11,16,18,21H,3,12H2,1-2H3. The molecule has 23 heavy (non-hydrogen) atoms. The molecule has 0 radical (unpaired) electrons. The summed E-state index contributed by atoms with van der Waals surface area (Å²) in [6, 6.07) is 16.8. The van der Waals surface area contributed by atoms with E-state index in [1.807, 2.05) is 35.2 Å². The second-order valence-corrected chi connectivity index (χ2v) is 6.87. The van der Waals surface area contributed by atoms with Gasteiger partial charge in [0.25, 0.3) is 0 Å². The zero-order chi connectivity index (χ0) is 16.4. The molecule has 1 N–H and O–H groups in total. The maximum absolute atomic E-state index is 12.2. The Morgan fingerprint density at radius 2 is 2.00 bits per heavy atom. The highest BCUT2D eigenvalue weighted by Crippen LogP contribution is 2.41. The molecule has 3 nitrogen and oxygen atoms in total. The van der Waals surface area contributed by atoms with Crippen molar-refractivity contribution in [1.82, 2.24) is 0 Å². The molecule has 3 rings (SSSR count). The molecule has 0 fully saturated rings. The summed E-state index contributed by atoms with van der Waals surface area (Å²) in [5.41, 5.74) is 3.30. The molecule has 2 aromatic rings. The molecular formula is C19H21BrN2O. The number of fused-ring (bicyclic) bond motifs is 1. The zero-order valence-corrected chi connectivity index (χ0v) is 15.0. The summed E-state index contributed by atoms with van der Waals surface area (Å²) in [5, 5.41) is 3.63. The molecule has 1 aliphatic heterocycles. The van der Waals surface area contributed by atoms with Crippen LogP contribution < -0.4 is 10.2 Å². The quantitative estimate of drug-likeness (QED) is 0.808. The highest BCUT2D eigenvalue weighted by Gasteiger charge is 2.33. The van der Waals surface area contributed by atoms with Crippen molar-refractivity contribution in [2.75, 3.05) is 10.2 Å². The molecule has 2 atom stereocenters. The molecule has 1 amide bonds. The van der Waals surface area contributed by atoms with Gasteiger partial charge in [-0.15, -0.1) is 0 Å². The Hall–Kier alpha value is -1.81. The van der Waals surface area contributed by atoms with Crippen LogP contribution in [0.3, 0.4) is 0 Å². The first-order valence-corrected chi connectivity index (χ1v) is 8.80. The number of rotatable bonds is 3. The Labute approximate surface area is 145 Å². The van der Waals surface area contributed by atoms with Gasteiger partial charge in [0.15, 0.2) is 0 Å². The molecule has 0 saturated heterocycles. The summed E-state index contributed by atoms with van der Waals surface area (Å²) in [5.74, 6) is 0.110. The number of nitrogens with one attached hydrogen (secondary N) is 1. The van der Waals surface area contributed by atoms with Crippen LogP contribution in [0.2, 0.25) is 0 Å². The Kier molecular flexibility index (Phi) is 4.71. The van der Waals surface area contributed by atoms with Crippen LogP contribution in [-0.2, 0) is 4.79 Å². The number of nitrogens with zero attached hydrogens (tertiary/aromatic N) is 1. The van der Waals surface area contributed by atoms with E-state index in [4.69, 9.17) is 0 Å². The van der Waals surface area contributed by atoms with E-state index >= 15 is 0 Å². The number of benzene rings is 2. The van der Waals surface area contributed by atoms with E-state index in [0.29, 0.717) is 0 Å². The van der Waals surface area contributed by atoms with Crippen LogP contribution in [0, 0.1) is 0 Å². The highest BCUT2D eigenvalue weighted by atomic mass is 79.9. The van der Waals surface area contributed by atoms with Crippen molar-refractivity contribution in [2.24, 2.45) is 0 Å². The molecule has 0 aromatic heterocycles. The first-order valence-electron chi connectivity index (χ1n) is 8.01. The van der Waals surface area contributed by atoms with Crippen LogP contribution in [0.25, 0.3) is 0 Å². The van der Waals surface area contributed by atoms with Crippen LogP contribution in [0.4, 0.5) is 11.4 Å². The minimum Gasteiger partial charge on any atom is -0.378 e. The van der Waals surface area contributed by atoms with Gasteiger partial charge in [0.2, 0.25) is 5.91 Å². The number of carbonyl (C=O) groups excluding carboxylic acids is 1. The topological polar surface area (TPSA) is 32.3 Å². The molecule has 0 spiro atoms. The predicted octanol–water partition coefficient (Wildman–Crippen LogP) is 5.14. The van der Waals surface area contributed by atoms with Crippen molar-refractivity contribution in [3.8, 4) is 0 Å². The van der Waals surface area contributed by atoms with Crippen LogP contribution >= 0.6 is 15.9 Å². The first-order chi connectivity index (χ1) is 11.1. The monoisotopic (exact) mass is 372 g/mol. The summed E-state index contributed by atoms with van der Waals surface area (Å²) < 4.78 is 1.04. The molecule has 2 aromatic carbocycles. The number of halogens is 1. The maximum Gasteiger partial charge on any atom is 0.224 e. The van der Waals surface area contributed by atoms with Crippen molar-refractivity contribution in [3.05, 3.63) is 58.6 Å². The van der Waals surface area contributed by atoms with Gasteiger partial charge in [-0.3, -0.25) is 4.79 Å². The fourth-order valence-corrected chi connectivity index (χ4v) is 3.75. The van der Waals surface area contributed by atoms with E-state index < -0.39 is 0 Å². The number of amides is 1. The van der Waals surface area contributed by atoms with Gasteiger partial charge in [-0.05, 0) is 48.7 Å². The summed E-state index contributed by atoms with van der Waals surface area (Å²) >= 11 is 3.56. The van der Waals surface area contributed by atoms with E-state index in [0.717, 1.165) is 28.7 Å². The Morgan fingerprint density at radius 3 is 2.65 bits per heavy atom. The van der Waals surface area contributed by atoms with Gasteiger partial charge in [-0.1, -0.05) is 41.1 Å². The van der Waals surface area contributed by atoms with E-state index in [-0.39, 0.29) is 18.0 Å². The fraction of sp³-hybridized carbons (Fsp3) is 0.316. The summed E-state index contributed by atoms with van der Waals surface area (Å²) in [6.07, 6.45) is 1.86. The number of anilines is 2. The van der Waals surface area contributed by atoms with E-state index in [9.17, 15) is 4.79 Å². The zero-order valence-electron chi connectivity index (χ0n) is 13.4. The summed E-state index contributed by atoms with van der Waals surface area (Å²) in [6.45, 7) is 3.80. The maximum atomic E-state index is 12.2. The third kappa shape index (κ3) is 3.27. The van der Waals surface area contributed by atoms with Gasteiger partial charge in [-0.25, -0.2) is 0 Å². The number of para-hydroxylation sites is 1. The SMILES string of the molecule is CCC1CC(Nc2ccccc2)c2cc(Br)ccc2N1C(C)=O. The van der Waals surface area contributed by atoms with Crippen molar-refractivity contribution < 1.29 is 4.79 Å². The van der Waals surface area contributed by atoms with Crippen molar-refractivity contribution in [2.45, 2.75) is 38.8 Å². The highest BCUT2D eigenvalue weighted by molar-refractivity contribution is 9.10. The first kappa shape index (κ1) is 16.1. The van der Waals surface area contributed by atoms with Crippen molar-refractivity contribution in [3.63, 3.8) is 0 Å². The Bertz CT molecular complexity index is 702. The third-order valence-corrected chi connectivity index (χ3v) is 4.92. The Morgan fingerprint density at radius 1 is 1.26 bits per heavy atom. The second-order valence-electron chi connectivity index (χ2n) is 5.95. The average Bonchev–Trinajstić information content (AvgIpc) is 2.55. The van der Waals surface area contributed by atoms with Gasteiger partial charge in [0.05, 0.1) is 6.04 Å². The van der Waals surface area contributed by atoms with Gasteiger partial charge in [0.1, 0.15) is 0 Å². The summed E-state index contributed by atoms with van der Waals surface area (Å²) in [4.78, 5) is 14.1. The molecule has 120 valence electrons. The molecule has 2 unspecified atom stereocenters. The van der Waals surface area contributed by atoms with Crippen LogP contribution in [0.5, 0.6) is 0 Å².